The van der Waals surface area contributed by atoms with Crippen molar-refractivity contribution < 1.29 is 8.83 Å². The fourth-order valence-corrected chi connectivity index (χ4v) is 9.76. The minimum Gasteiger partial charge on any atom is -0.455 e. The lowest BCUT2D eigenvalue weighted by molar-refractivity contribution is 0.673. The van der Waals surface area contributed by atoms with Gasteiger partial charge in [0.1, 0.15) is 34.5 Å². The molecule has 4 heterocycles. The summed E-state index contributed by atoms with van der Waals surface area (Å²) in [4.78, 5) is 0. The molecule has 6 heteroatoms. The number of hydrogen-bond donors (Lipinski definition) is 0. The summed E-state index contributed by atoms with van der Waals surface area (Å²) in [6, 6.07) is 58.7. The molecular formula is C52H26N4O2. The highest BCUT2D eigenvalue weighted by Crippen LogP contribution is 2.45. The number of rotatable bonds is 2. The molecule has 0 aliphatic carbocycles. The van der Waals surface area contributed by atoms with Gasteiger partial charge in [0.2, 0.25) is 0 Å². The monoisotopic (exact) mass is 738 g/mol. The lowest BCUT2D eigenvalue weighted by atomic mass is 10.0. The summed E-state index contributed by atoms with van der Waals surface area (Å²) in [6.45, 7) is 0. The summed E-state index contributed by atoms with van der Waals surface area (Å²) in [5, 5.41) is 34.7. The Bertz CT molecular complexity index is 3800. The van der Waals surface area contributed by atoms with Crippen LogP contribution in [0.15, 0.2) is 167 Å². The van der Waals surface area contributed by atoms with Crippen LogP contribution in [0.5, 0.6) is 0 Å². The largest absolute Gasteiger partial charge is 0.455 e. The summed E-state index contributed by atoms with van der Waals surface area (Å²) in [7, 11) is 0. The van der Waals surface area contributed by atoms with Crippen LogP contribution in [0.2, 0.25) is 0 Å². The van der Waals surface area contributed by atoms with Gasteiger partial charge in [-0.25, -0.2) is 0 Å². The number of nitrogens with zero attached hydrogens (tertiary/aromatic N) is 4. The zero-order chi connectivity index (χ0) is 38.2. The Morgan fingerprint density at radius 3 is 1.22 bits per heavy atom. The highest BCUT2D eigenvalue weighted by molar-refractivity contribution is 6.29. The number of benzene rings is 9. The van der Waals surface area contributed by atoms with Gasteiger partial charge in [-0.15, -0.1) is 0 Å². The van der Waals surface area contributed by atoms with E-state index in [1.54, 1.807) is 0 Å². The van der Waals surface area contributed by atoms with Crippen LogP contribution in [0, 0.1) is 22.7 Å². The van der Waals surface area contributed by atoms with Crippen LogP contribution < -0.4 is 0 Å². The lowest BCUT2D eigenvalue weighted by Gasteiger charge is -2.15. The first-order valence-corrected chi connectivity index (χ1v) is 19.2. The molecule has 0 N–H and O–H groups in total. The Kier molecular flexibility index (Phi) is 5.94. The molecule has 13 rings (SSSR count). The van der Waals surface area contributed by atoms with Gasteiger partial charge in [0.25, 0.3) is 0 Å². The fourth-order valence-electron chi connectivity index (χ4n) is 9.76. The van der Waals surface area contributed by atoms with E-state index in [0.717, 1.165) is 109 Å². The highest BCUT2D eigenvalue weighted by atomic mass is 16.3. The van der Waals surface area contributed by atoms with E-state index < -0.39 is 0 Å². The van der Waals surface area contributed by atoms with Crippen molar-refractivity contribution in [2.24, 2.45) is 0 Å². The van der Waals surface area contributed by atoms with Crippen molar-refractivity contribution in [3.8, 4) is 23.5 Å². The number of nitriles is 2. The second kappa shape index (κ2) is 11.1. The van der Waals surface area contributed by atoms with Crippen molar-refractivity contribution >= 4 is 109 Å². The minimum atomic E-state index is 0.439. The van der Waals surface area contributed by atoms with Crippen LogP contribution in [-0.4, -0.2) is 9.13 Å². The SMILES string of the molecule is N#Cc1cc(-n2c3ccccc3c3c4oc5ccc6ccccc6c5c4ccc32)c(C#N)cc1-n1c2ccccc2c2c3oc4ccc5ccccc5c4c3ccc21. The maximum Gasteiger partial charge on any atom is 0.145 e. The Morgan fingerprint density at radius 1 is 0.362 bits per heavy atom. The quantitative estimate of drug-likeness (QED) is 0.177. The van der Waals surface area contributed by atoms with Crippen molar-refractivity contribution in [3.63, 3.8) is 0 Å². The average molecular weight is 739 g/mol. The van der Waals surface area contributed by atoms with E-state index in [1.165, 1.54) is 0 Å². The highest BCUT2D eigenvalue weighted by Gasteiger charge is 2.25. The molecule has 0 aliphatic rings. The fraction of sp³-hybridized carbons (Fsp3) is 0. The zero-order valence-corrected chi connectivity index (χ0v) is 30.6. The first-order valence-electron chi connectivity index (χ1n) is 19.2. The van der Waals surface area contributed by atoms with Crippen molar-refractivity contribution in [3.05, 3.63) is 169 Å². The van der Waals surface area contributed by atoms with Gasteiger partial charge in [-0.2, -0.15) is 10.5 Å². The molecule has 58 heavy (non-hydrogen) atoms. The van der Waals surface area contributed by atoms with Crippen LogP contribution >= 0.6 is 0 Å². The molecule has 0 radical (unpaired) electrons. The predicted octanol–water partition coefficient (Wildman–Crippen LogP) is 13.7. The zero-order valence-electron chi connectivity index (χ0n) is 30.6. The molecule has 0 amide bonds. The molecule has 0 unspecified atom stereocenters. The Hall–Kier alpha value is -8.32. The summed E-state index contributed by atoms with van der Waals surface area (Å²) in [5.41, 5.74) is 8.99. The normalized spacial score (nSPS) is 12.1. The van der Waals surface area contributed by atoms with Crippen molar-refractivity contribution in [2.45, 2.75) is 0 Å². The van der Waals surface area contributed by atoms with Gasteiger partial charge < -0.3 is 18.0 Å². The van der Waals surface area contributed by atoms with E-state index in [2.05, 4.69) is 130 Å². The molecule has 0 aliphatic heterocycles. The van der Waals surface area contributed by atoms with E-state index in [-0.39, 0.29) is 0 Å². The second-order valence-corrected chi connectivity index (χ2v) is 15.0. The van der Waals surface area contributed by atoms with Crippen molar-refractivity contribution in [2.75, 3.05) is 0 Å². The van der Waals surface area contributed by atoms with Crippen molar-refractivity contribution in [1.82, 2.24) is 9.13 Å². The third-order valence-electron chi connectivity index (χ3n) is 12.2. The van der Waals surface area contributed by atoms with E-state index in [0.29, 0.717) is 22.5 Å². The lowest BCUT2D eigenvalue weighted by Crippen LogP contribution is -2.04. The van der Waals surface area contributed by atoms with Gasteiger partial charge >= 0.3 is 0 Å². The topological polar surface area (TPSA) is 83.7 Å². The van der Waals surface area contributed by atoms with Gasteiger partial charge in [-0.05, 0) is 82.2 Å². The van der Waals surface area contributed by atoms with Crippen LogP contribution in [-0.2, 0) is 0 Å². The van der Waals surface area contributed by atoms with E-state index in [1.807, 2.05) is 48.5 Å². The van der Waals surface area contributed by atoms with Gasteiger partial charge in [-0.3, -0.25) is 0 Å². The first-order chi connectivity index (χ1) is 28.7. The minimum absolute atomic E-state index is 0.439. The summed E-state index contributed by atoms with van der Waals surface area (Å²) < 4.78 is 17.6. The Labute approximate surface area is 328 Å². The van der Waals surface area contributed by atoms with Gasteiger partial charge in [0.15, 0.2) is 0 Å². The maximum atomic E-state index is 11.0. The van der Waals surface area contributed by atoms with E-state index in [9.17, 15) is 10.5 Å². The third kappa shape index (κ3) is 3.88. The molecule has 4 aromatic heterocycles. The van der Waals surface area contributed by atoms with Gasteiger partial charge in [0.05, 0.1) is 55.3 Å². The molecule has 0 saturated carbocycles. The average Bonchev–Trinajstić information content (AvgIpc) is 4.03. The standard InChI is InChI=1S/C52H26N4O2/c53-27-31-26-44(56-40-16-8-6-14-36(40)50-42(56)22-20-38-48-34-12-4-2-10-30(34)18-24-46(48)58-52(38)50)32(28-54)25-43(31)55-39-15-7-5-13-35(39)49-41(55)21-19-37-47-33-11-3-1-9-29(33)17-23-45(47)57-51(37)49/h1-26H. The molecule has 9 aromatic carbocycles. The Morgan fingerprint density at radius 2 is 0.776 bits per heavy atom. The third-order valence-corrected chi connectivity index (χ3v) is 12.2. The molecular weight excluding hydrogens is 713 g/mol. The van der Waals surface area contributed by atoms with E-state index in [4.69, 9.17) is 8.83 Å². The molecule has 0 fully saturated rings. The van der Waals surface area contributed by atoms with Crippen LogP contribution in [0.25, 0.3) is 120 Å². The Balaban J connectivity index is 1.09. The van der Waals surface area contributed by atoms with Crippen LogP contribution in [0.3, 0.4) is 0 Å². The molecule has 6 nitrogen and oxygen atoms in total. The summed E-state index contributed by atoms with van der Waals surface area (Å²) in [5.74, 6) is 0. The molecule has 0 bridgehead atoms. The maximum absolute atomic E-state index is 11.0. The number of aromatic nitrogens is 2. The number of para-hydroxylation sites is 2. The first kappa shape index (κ1) is 30.9. The smallest absolute Gasteiger partial charge is 0.145 e. The molecule has 266 valence electrons. The predicted molar refractivity (Wildman–Crippen MR) is 234 cm³/mol. The van der Waals surface area contributed by atoms with Gasteiger partial charge in [0, 0.05) is 32.3 Å². The molecule has 0 spiro atoms. The molecule has 13 aromatic rings. The van der Waals surface area contributed by atoms with Crippen LogP contribution in [0.1, 0.15) is 11.1 Å². The number of fused-ring (bicyclic) bond motifs is 18. The van der Waals surface area contributed by atoms with Crippen molar-refractivity contribution in [1.29, 1.82) is 10.5 Å². The second-order valence-electron chi connectivity index (χ2n) is 15.0. The molecule has 0 saturated heterocycles. The summed E-state index contributed by atoms with van der Waals surface area (Å²) in [6.07, 6.45) is 0. The number of hydrogen-bond acceptors (Lipinski definition) is 4. The molecule has 0 atom stereocenters. The van der Waals surface area contributed by atoms with Gasteiger partial charge in [-0.1, -0.05) is 97.1 Å². The summed E-state index contributed by atoms with van der Waals surface area (Å²) >= 11 is 0. The van der Waals surface area contributed by atoms with E-state index >= 15 is 0 Å². The number of furan rings is 2. The van der Waals surface area contributed by atoms with Crippen LogP contribution in [0.4, 0.5) is 0 Å².